The van der Waals surface area contributed by atoms with Crippen LogP contribution in [0, 0.1) is 11.8 Å². The van der Waals surface area contributed by atoms with Gasteiger partial charge in [0, 0.05) is 31.7 Å². The predicted octanol–water partition coefficient (Wildman–Crippen LogP) is 0.829. The van der Waals surface area contributed by atoms with E-state index in [1.54, 1.807) is 9.80 Å². The molecule has 0 aliphatic carbocycles. The molecule has 2 fully saturated rings. The van der Waals surface area contributed by atoms with Gasteiger partial charge in [-0.25, -0.2) is 0 Å². The lowest BCUT2D eigenvalue weighted by Gasteiger charge is -2.38. The molecule has 2 aliphatic heterocycles. The molecular weight excluding hydrogens is 254 g/mol. The van der Waals surface area contributed by atoms with Crippen LogP contribution in [0.5, 0.6) is 0 Å². The van der Waals surface area contributed by atoms with Crippen LogP contribution in [0.2, 0.25) is 0 Å². The number of hydrogen-bond donors (Lipinski definition) is 1. The van der Waals surface area contributed by atoms with Crippen LogP contribution in [0.25, 0.3) is 0 Å². The quantitative estimate of drug-likeness (QED) is 0.724. The molecule has 0 aromatic rings. The third-order valence-corrected chi connectivity index (χ3v) is 4.96. The molecule has 0 aromatic heterocycles. The second kappa shape index (κ2) is 6.12. The summed E-state index contributed by atoms with van der Waals surface area (Å²) in [6, 6.07) is 0.164. The zero-order chi connectivity index (χ0) is 14.9. The number of piperidine rings is 1. The molecule has 20 heavy (non-hydrogen) atoms. The highest BCUT2D eigenvalue weighted by atomic mass is 16.2. The van der Waals surface area contributed by atoms with Gasteiger partial charge in [0.15, 0.2) is 0 Å². The Morgan fingerprint density at radius 2 is 1.80 bits per heavy atom. The zero-order valence-corrected chi connectivity index (χ0v) is 12.8. The van der Waals surface area contributed by atoms with Gasteiger partial charge < -0.3 is 15.5 Å². The van der Waals surface area contributed by atoms with Crippen LogP contribution in [-0.4, -0.2) is 53.3 Å². The Bertz CT molecular complexity index is 375. The average Bonchev–Trinajstić information content (AvgIpc) is 2.77. The number of hydrogen-bond acceptors (Lipinski definition) is 3. The topological polar surface area (TPSA) is 66.6 Å². The fourth-order valence-electron chi connectivity index (χ4n) is 3.21. The van der Waals surface area contributed by atoms with Crippen molar-refractivity contribution in [2.75, 3.05) is 19.6 Å². The first-order valence-electron chi connectivity index (χ1n) is 7.79. The summed E-state index contributed by atoms with van der Waals surface area (Å²) in [7, 11) is 0. The first-order valence-corrected chi connectivity index (χ1v) is 7.79. The van der Waals surface area contributed by atoms with Crippen LogP contribution in [0.3, 0.4) is 0 Å². The van der Waals surface area contributed by atoms with Gasteiger partial charge in [-0.3, -0.25) is 9.59 Å². The molecular formula is C15H27N3O2. The molecule has 5 heteroatoms. The number of carbonyl (C=O) groups is 2. The summed E-state index contributed by atoms with van der Waals surface area (Å²) in [5, 5.41) is 0. The number of nitrogens with zero attached hydrogens (tertiary/aromatic N) is 2. The SMILES string of the molecule is CC[C@@H]1CC[C@@H](C)N(C(=O)C(=O)N2CC(C)C(N)C2)C1. The monoisotopic (exact) mass is 281 g/mol. The molecule has 0 bridgehead atoms. The summed E-state index contributed by atoms with van der Waals surface area (Å²) < 4.78 is 0. The maximum absolute atomic E-state index is 12.5. The molecule has 2 rings (SSSR count). The Morgan fingerprint density at radius 1 is 1.10 bits per heavy atom. The van der Waals surface area contributed by atoms with E-state index < -0.39 is 0 Å². The summed E-state index contributed by atoms with van der Waals surface area (Å²) in [5.74, 6) is 0.0991. The molecule has 0 radical (unpaired) electrons. The number of nitrogens with two attached hydrogens (primary N) is 1. The minimum atomic E-state index is -0.367. The maximum atomic E-state index is 12.5. The van der Waals surface area contributed by atoms with E-state index in [-0.39, 0.29) is 29.8 Å². The smallest absolute Gasteiger partial charge is 0.312 e. The van der Waals surface area contributed by atoms with Crippen molar-refractivity contribution in [3.8, 4) is 0 Å². The molecule has 0 saturated carbocycles. The lowest BCUT2D eigenvalue weighted by Crippen LogP contribution is -2.52. The van der Waals surface area contributed by atoms with Crippen LogP contribution in [-0.2, 0) is 9.59 Å². The highest BCUT2D eigenvalue weighted by Crippen LogP contribution is 2.25. The molecule has 2 heterocycles. The largest absolute Gasteiger partial charge is 0.333 e. The molecule has 4 atom stereocenters. The predicted molar refractivity (Wildman–Crippen MR) is 77.9 cm³/mol. The van der Waals surface area contributed by atoms with Gasteiger partial charge in [0.2, 0.25) is 0 Å². The molecule has 5 nitrogen and oxygen atoms in total. The van der Waals surface area contributed by atoms with E-state index >= 15 is 0 Å². The molecule has 2 saturated heterocycles. The average molecular weight is 281 g/mol. The molecule has 0 aromatic carbocycles. The van der Waals surface area contributed by atoms with Gasteiger partial charge in [-0.2, -0.15) is 0 Å². The summed E-state index contributed by atoms with van der Waals surface area (Å²) in [5.41, 5.74) is 5.94. The lowest BCUT2D eigenvalue weighted by molar-refractivity contribution is -0.154. The molecule has 0 spiro atoms. The molecule has 2 aliphatic rings. The second-order valence-electron chi connectivity index (χ2n) is 6.51. The van der Waals surface area contributed by atoms with Crippen LogP contribution in [0.1, 0.15) is 40.0 Å². The van der Waals surface area contributed by atoms with Crippen LogP contribution in [0.4, 0.5) is 0 Å². The van der Waals surface area contributed by atoms with E-state index in [9.17, 15) is 9.59 Å². The zero-order valence-electron chi connectivity index (χ0n) is 12.8. The first-order chi connectivity index (χ1) is 9.43. The maximum Gasteiger partial charge on any atom is 0.312 e. The van der Waals surface area contributed by atoms with Gasteiger partial charge in [-0.05, 0) is 31.6 Å². The standard InChI is InChI=1S/C15H27N3O2/c1-4-12-6-5-11(3)18(8-12)15(20)14(19)17-7-10(2)13(16)9-17/h10-13H,4-9,16H2,1-3H3/t10?,11-,12-,13?/m1/s1. The van der Waals surface area contributed by atoms with Crippen molar-refractivity contribution in [3.63, 3.8) is 0 Å². The van der Waals surface area contributed by atoms with Crippen molar-refractivity contribution >= 4 is 11.8 Å². The van der Waals surface area contributed by atoms with Gasteiger partial charge in [0.1, 0.15) is 0 Å². The molecule has 114 valence electrons. The second-order valence-corrected chi connectivity index (χ2v) is 6.51. The van der Waals surface area contributed by atoms with Crippen molar-refractivity contribution in [3.05, 3.63) is 0 Å². The van der Waals surface area contributed by atoms with E-state index in [0.717, 1.165) is 25.8 Å². The van der Waals surface area contributed by atoms with E-state index in [4.69, 9.17) is 5.73 Å². The number of amides is 2. The Balaban J connectivity index is 2.00. The van der Waals surface area contributed by atoms with Crippen LogP contribution >= 0.6 is 0 Å². The summed E-state index contributed by atoms with van der Waals surface area (Å²) in [6.45, 7) is 8.04. The third-order valence-electron chi connectivity index (χ3n) is 4.96. The van der Waals surface area contributed by atoms with Crippen molar-refractivity contribution in [2.24, 2.45) is 17.6 Å². The summed E-state index contributed by atoms with van der Waals surface area (Å²) in [4.78, 5) is 28.2. The van der Waals surface area contributed by atoms with Crippen molar-refractivity contribution in [2.45, 2.75) is 52.1 Å². The molecule has 2 unspecified atom stereocenters. The van der Waals surface area contributed by atoms with Gasteiger partial charge >= 0.3 is 11.8 Å². The fraction of sp³-hybridized carbons (Fsp3) is 0.867. The minimum Gasteiger partial charge on any atom is -0.333 e. The lowest BCUT2D eigenvalue weighted by atomic mass is 9.91. The van der Waals surface area contributed by atoms with E-state index in [1.165, 1.54) is 0 Å². The van der Waals surface area contributed by atoms with Crippen molar-refractivity contribution < 1.29 is 9.59 Å². The Hall–Kier alpha value is -1.10. The molecule has 2 amide bonds. The van der Waals surface area contributed by atoms with Crippen molar-refractivity contribution in [1.29, 1.82) is 0 Å². The minimum absolute atomic E-state index is 0.00563. The third kappa shape index (κ3) is 2.97. The van der Waals surface area contributed by atoms with Gasteiger partial charge in [-0.1, -0.05) is 20.3 Å². The summed E-state index contributed by atoms with van der Waals surface area (Å²) in [6.07, 6.45) is 3.21. The van der Waals surface area contributed by atoms with Gasteiger partial charge in [0.25, 0.3) is 0 Å². The highest BCUT2D eigenvalue weighted by molar-refractivity contribution is 6.35. The Labute approximate surface area is 121 Å². The van der Waals surface area contributed by atoms with Crippen LogP contribution < -0.4 is 5.73 Å². The number of likely N-dealkylation sites (tertiary alicyclic amines) is 2. The first kappa shape index (κ1) is 15.3. The number of rotatable bonds is 1. The fourth-order valence-corrected chi connectivity index (χ4v) is 3.21. The van der Waals surface area contributed by atoms with Gasteiger partial charge in [0.05, 0.1) is 0 Å². The number of carbonyl (C=O) groups excluding carboxylic acids is 2. The Kier molecular flexibility index (Phi) is 4.68. The Morgan fingerprint density at radius 3 is 2.35 bits per heavy atom. The van der Waals surface area contributed by atoms with Crippen molar-refractivity contribution in [1.82, 2.24) is 9.80 Å². The summed E-state index contributed by atoms with van der Waals surface area (Å²) >= 11 is 0. The van der Waals surface area contributed by atoms with Gasteiger partial charge in [-0.15, -0.1) is 0 Å². The highest BCUT2D eigenvalue weighted by Gasteiger charge is 2.37. The van der Waals surface area contributed by atoms with Crippen LogP contribution in [0.15, 0.2) is 0 Å². The van der Waals surface area contributed by atoms with E-state index in [1.807, 2.05) is 13.8 Å². The molecule has 2 N–H and O–H groups in total. The van der Waals surface area contributed by atoms with E-state index in [0.29, 0.717) is 19.0 Å². The van der Waals surface area contributed by atoms with E-state index in [2.05, 4.69) is 6.92 Å². The normalized spacial score (nSPS) is 34.4.